The normalized spacial score (nSPS) is 19.3. The average molecular weight is 539 g/mol. The van der Waals surface area contributed by atoms with Crippen molar-refractivity contribution in [3.8, 4) is 0 Å². The fraction of sp³-hybridized carbons (Fsp3) is 0.167. The number of amides is 2. The van der Waals surface area contributed by atoms with Gasteiger partial charge in [-0.1, -0.05) is 42.1 Å². The molecule has 2 N–H and O–H groups in total. The first kappa shape index (κ1) is 24.2. The van der Waals surface area contributed by atoms with Gasteiger partial charge in [-0.25, -0.2) is 14.8 Å². The van der Waals surface area contributed by atoms with Crippen LogP contribution in [0.5, 0.6) is 0 Å². The number of carbonyl (C=O) groups is 3. The SMILES string of the molecule is O=C(Cc1ccccc1)NC1C(=O)N2C(C(=O)O)=C(/C=C/Sc3cc(=O)c4nccnc4s3)CS[C@H]12. The molecule has 36 heavy (non-hydrogen) atoms. The highest BCUT2D eigenvalue weighted by atomic mass is 32.2. The number of carboxylic acid groups (broad SMARTS) is 1. The van der Waals surface area contributed by atoms with Gasteiger partial charge in [0.2, 0.25) is 11.3 Å². The Hall–Kier alpha value is -3.48. The first-order valence-corrected chi connectivity index (χ1v) is 13.5. The van der Waals surface area contributed by atoms with Crippen molar-refractivity contribution in [1.29, 1.82) is 0 Å². The lowest BCUT2D eigenvalue weighted by molar-refractivity contribution is -0.150. The van der Waals surface area contributed by atoms with Crippen LogP contribution in [0.4, 0.5) is 0 Å². The fourth-order valence-corrected chi connectivity index (χ4v) is 7.06. The number of hydrogen-bond acceptors (Lipinski definition) is 9. The molecule has 4 heterocycles. The quantitative estimate of drug-likeness (QED) is 0.344. The first-order valence-electron chi connectivity index (χ1n) is 10.7. The van der Waals surface area contributed by atoms with E-state index in [1.54, 1.807) is 11.5 Å². The van der Waals surface area contributed by atoms with E-state index >= 15 is 0 Å². The van der Waals surface area contributed by atoms with Crippen LogP contribution in [0.1, 0.15) is 5.56 Å². The van der Waals surface area contributed by atoms with Gasteiger partial charge in [0.1, 0.15) is 27.5 Å². The molecule has 0 saturated carbocycles. The number of nitrogens with zero attached hydrogens (tertiary/aromatic N) is 3. The van der Waals surface area contributed by atoms with Gasteiger partial charge in [-0.05, 0) is 22.6 Å². The molecule has 182 valence electrons. The van der Waals surface area contributed by atoms with Crippen molar-refractivity contribution < 1.29 is 19.5 Å². The maximum atomic E-state index is 12.8. The summed E-state index contributed by atoms with van der Waals surface area (Å²) in [5, 5.41) is 13.8. The molecular weight excluding hydrogens is 520 g/mol. The van der Waals surface area contributed by atoms with E-state index in [0.29, 0.717) is 25.9 Å². The standard InChI is InChI=1S/C24H18N4O5S3/c29-15-11-17(36-21-18(15)25-7-8-26-21)34-9-6-14-12-35-23-19(22(31)28(23)20(14)24(32)33)27-16(30)10-13-4-2-1-3-5-13/h1-9,11,19,23H,10,12H2,(H,27,30)(H,32,33)/b9-6+/t19?,23-/m1/s1. The Morgan fingerprint density at radius 1 is 1.19 bits per heavy atom. The average Bonchev–Trinajstić information content (AvgIpc) is 2.87. The zero-order chi connectivity index (χ0) is 25.2. The summed E-state index contributed by atoms with van der Waals surface area (Å²) in [7, 11) is 0. The van der Waals surface area contributed by atoms with Crippen molar-refractivity contribution in [2.45, 2.75) is 22.0 Å². The summed E-state index contributed by atoms with van der Waals surface area (Å²) in [5.74, 6) is -1.59. The lowest BCUT2D eigenvalue weighted by Gasteiger charge is -2.49. The number of aromatic nitrogens is 2. The smallest absolute Gasteiger partial charge is 0.352 e. The van der Waals surface area contributed by atoms with Crippen molar-refractivity contribution >= 4 is 63.0 Å². The number of allylic oxidation sites excluding steroid dienone is 1. The van der Waals surface area contributed by atoms with Crippen molar-refractivity contribution in [1.82, 2.24) is 20.2 Å². The number of benzene rings is 1. The van der Waals surface area contributed by atoms with E-state index in [9.17, 15) is 24.3 Å². The van der Waals surface area contributed by atoms with E-state index in [1.807, 2.05) is 30.3 Å². The Labute approximate surface area is 217 Å². The molecule has 0 aliphatic carbocycles. The van der Waals surface area contributed by atoms with Crippen molar-refractivity contribution in [2.24, 2.45) is 0 Å². The molecule has 1 fully saturated rings. The highest BCUT2D eigenvalue weighted by Crippen LogP contribution is 2.41. The predicted octanol–water partition coefficient (Wildman–Crippen LogP) is 2.64. The minimum atomic E-state index is -1.21. The molecule has 3 aromatic rings. The number of carboxylic acids is 1. The number of β-lactam (4-membered cyclic amide) rings is 1. The monoisotopic (exact) mass is 538 g/mol. The van der Waals surface area contributed by atoms with E-state index in [1.165, 1.54) is 58.2 Å². The first-order chi connectivity index (χ1) is 17.4. The van der Waals surface area contributed by atoms with Crippen LogP contribution in [-0.4, -0.2) is 54.9 Å². The lowest BCUT2D eigenvalue weighted by Crippen LogP contribution is -2.70. The van der Waals surface area contributed by atoms with E-state index in [4.69, 9.17) is 0 Å². The molecule has 0 spiro atoms. The second-order valence-corrected chi connectivity index (χ2v) is 11.2. The summed E-state index contributed by atoms with van der Waals surface area (Å²) in [6.07, 6.45) is 4.77. The van der Waals surface area contributed by atoms with Crippen LogP contribution in [-0.2, 0) is 20.8 Å². The number of nitrogens with one attached hydrogen (secondary N) is 1. The Morgan fingerprint density at radius 2 is 1.97 bits per heavy atom. The highest BCUT2D eigenvalue weighted by Gasteiger charge is 2.53. The molecule has 2 aliphatic heterocycles. The molecular formula is C24H18N4O5S3. The Balaban J connectivity index is 1.29. The van der Waals surface area contributed by atoms with E-state index in [2.05, 4.69) is 15.3 Å². The highest BCUT2D eigenvalue weighted by molar-refractivity contribution is 8.04. The van der Waals surface area contributed by atoms with E-state index in [0.717, 1.165) is 5.56 Å². The van der Waals surface area contributed by atoms with Gasteiger partial charge in [-0.3, -0.25) is 19.3 Å². The third-order valence-electron chi connectivity index (χ3n) is 5.52. The van der Waals surface area contributed by atoms with Gasteiger partial charge in [-0.2, -0.15) is 0 Å². The minimum absolute atomic E-state index is 0.0910. The minimum Gasteiger partial charge on any atom is -0.477 e. The maximum Gasteiger partial charge on any atom is 0.352 e. The van der Waals surface area contributed by atoms with Gasteiger partial charge in [0.15, 0.2) is 0 Å². The Bertz CT molecular complexity index is 1490. The number of rotatable bonds is 7. The summed E-state index contributed by atoms with van der Waals surface area (Å²) in [4.78, 5) is 59.5. The molecule has 1 saturated heterocycles. The van der Waals surface area contributed by atoms with Crippen LogP contribution in [0, 0.1) is 0 Å². The number of aliphatic carboxylic acids is 1. The Morgan fingerprint density at radius 3 is 2.75 bits per heavy atom. The van der Waals surface area contributed by atoms with Crippen LogP contribution in [0.2, 0.25) is 0 Å². The molecule has 9 nitrogen and oxygen atoms in total. The Kier molecular flexibility index (Phi) is 6.90. The number of hydrogen-bond donors (Lipinski definition) is 2. The van der Waals surface area contributed by atoms with Gasteiger partial charge < -0.3 is 10.4 Å². The van der Waals surface area contributed by atoms with Crippen LogP contribution in [0.25, 0.3) is 10.3 Å². The summed E-state index contributed by atoms with van der Waals surface area (Å²) in [6.45, 7) is 0. The van der Waals surface area contributed by atoms with Gasteiger partial charge in [0.05, 0.1) is 10.6 Å². The summed E-state index contributed by atoms with van der Waals surface area (Å²) >= 11 is 3.97. The molecule has 1 aromatic carbocycles. The molecule has 2 amide bonds. The summed E-state index contributed by atoms with van der Waals surface area (Å²) in [5.41, 5.74) is 1.29. The number of fused-ring (bicyclic) bond motifs is 2. The predicted molar refractivity (Wildman–Crippen MR) is 139 cm³/mol. The van der Waals surface area contributed by atoms with Crippen LogP contribution >= 0.6 is 34.9 Å². The molecule has 0 radical (unpaired) electrons. The zero-order valence-electron chi connectivity index (χ0n) is 18.5. The fourth-order valence-electron chi connectivity index (χ4n) is 3.89. The number of thioether (sulfide) groups is 2. The maximum absolute atomic E-state index is 12.8. The second kappa shape index (κ2) is 10.2. The van der Waals surface area contributed by atoms with Crippen molar-refractivity contribution in [3.63, 3.8) is 0 Å². The molecule has 5 rings (SSSR count). The van der Waals surface area contributed by atoms with E-state index < -0.39 is 23.3 Å². The van der Waals surface area contributed by atoms with E-state index in [-0.39, 0.29) is 23.5 Å². The van der Waals surface area contributed by atoms with Crippen molar-refractivity contribution in [3.05, 3.63) is 87.3 Å². The molecule has 2 atom stereocenters. The summed E-state index contributed by atoms with van der Waals surface area (Å²) < 4.78 is 0.685. The molecule has 2 aromatic heterocycles. The van der Waals surface area contributed by atoms with Gasteiger partial charge >= 0.3 is 5.97 Å². The molecule has 2 aliphatic rings. The number of carbonyl (C=O) groups excluding carboxylic acids is 2. The topological polar surface area (TPSA) is 130 Å². The third-order valence-corrected chi connectivity index (χ3v) is 8.80. The third kappa shape index (κ3) is 4.79. The molecule has 0 bridgehead atoms. The van der Waals surface area contributed by atoms with Gasteiger partial charge in [0, 0.05) is 24.2 Å². The van der Waals surface area contributed by atoms with Gasteiger partial charge in [-0.15, -0.1) is 23.1 Å². The second-order valence-electron chi connectivity index (χ2n) is 7.86. The van der Waals surface area contributed by atoms with Gasteiger partial charge in [0.25, 0.3) is 5.91 Å². The van der Waals surface area contributed by atoms with Crippen LogP contribution in [0.15, 0.2) is 80.5 Å². The largest absolute Gasteiger partial charge is 0.477 e. The molecule has 12 heteroatoms. The lowest BCUT2D eigenvalue weighted by atomic mass is 10.0. The van der Waals surface area contributed by atoms with Crippen LogP contribution in [0.3, 0.4) is 0 Å². The van der Waals surface area contributed by atoms with Crippen molar-refractivity contribution in [2.75, 3.05) is 5.75 Å². The summed E-state index contributed by atoms with van der Waals surface area (Å²) in [6, 6.07) is 9.89. The molecule has 1 unspecified atom stereocenters. The van der Waals surface area contributed by atoms with Crippen LogP contribution < -0.4 is 10.7 Å². The zero-order valence-corrected chi connectivity index (χ0v) is 20.9.